The second-order valence-corrected chi connectivity index (χ2v) is 6.60. The molecule has 0 bridgehead atoms. The van der Waals surface area contributed by atoms with E-state index in [9.17, 15) is 9.59 Å². The predicted molar refractivity (Wildman–Crippen MR) is 87.3 cm³/mol. The molecule has 0 N–H and O–H groups in total. The lowest BCUT2D eigenvalue weighted by Gasteiger charge is -2.35. The molecule has 2 aliphatic heterocycles. The summed E-state index contributed by atoms with van der Waals surface area (Å²) in [5.41, 5.74) is 0.612. The van der Waals surface area contributed by atoms with Gasteiger partial charge in [-0.2, -0.15) is 0 Å². The summed E-state index contributed by atoms with van der Waals surface area (Å²) < 4.78 is 11.3. The second kappa shape index (κ2) is 6.34. The number of rotatable bonds is 2. The summed E-state index contributed by atoms with van der Waals surface area (Å²) >= 11 is 0. The highest BCUT2D eigenvalue weighted by atomic mass is 16.5. The molecular weight excluding hydrogens is 308 g/mol. The van der Waals surface area contributed by atoms with E-state index in [1.54, 1.807) is 18.2 Å². The van der Waals surface area contributed by atoms with Crippen LogP contribution in [0.1, 0.15) is 29.6 Å². The van der Waals surface area contributed by atoms with Crippen molar-refractivity contribution in [2.45, 2.75) is 19.3 Å². The van der Waals surface area contributed by atoms with Gasteiger partial charge in [-0.1, -0.05) is 0 Å². The van der Waals surface area contributed by atoms with Gasteiger partial charge in [0.25, 0.3) is 5.91 Å². The Labute approximate surface area is 141 Å². The monoisotopic (exact) mass is 330 g/mol. The maximum absolute atomic E-state index is 12.7. The van der Waals surface area contributed by atoms with Crippen molar-refractivity contribution in [2.24, 2.45) is 5.92 Å². The average Bonchev–Trinajstić information content (AvgIpc) is 3.47. The summed E-state index contributed by atoms with van der Waals surface area (Å²) in [5.74, 6) is 1.83. The van der Waals surface area contributed by atoms with Gasteiger partial charge >= 0.3 is 0 Å². The largest absolute Gasteiger partial charge is 0.490 e. The minimum atomic E-state index is -0.0100. The molecular formula is C18H22N2O4. The van der Waals surface area contributed by atoms with Gasteiger partial charge in [0.1, 0.15) is 0 Å². The van der Waals surface area contributed by atoms with E-state index in [2.05, 4.69) is 0 Å². The fourth-order valence-electron chi connectivity index (χ4n) is 3.20. The summed E-state index contributed by atoms with van der Waals surface area (Å²) in [6.45, 7) is 3.68. The lowest BCUT2D eigenvalue weighted by Crippen LogP contribution is -2.51. The first kappa shape index (κ1) is 15.3. The number of carbonyl (C=O) groups excluding carboxylic acids is 2. The molecule has 24 heavy (non-hydrogen) atoms. The Balaban J connectivity index is 1.41. The topological polar surface area (TPSA) is 59.1 Å². The number of nitrogens with zero attached hydrogens (tertiary/aromatic N) is 2. The van der Waals surface area contributed by atoms with Gasteiger partial charge in [-0.05, 0) is 31.0 Å². The van der Waals surface area contributed by atoms with Crippen LogP contribution in [0.5, 0.6) is 11.5 Å². The summed E-state index contributed by atoms with van der Waals surface area (Å²) in [6, 6.07) is 5.36. The Kier molecular flexibility index (Phi) is 4.04. The molecule has 0 radical (unpaired) electrons. The van der Waals surface area contributed by atoms with Gasteiger partial charge in [-0.3, -0.25) is 9.59 Å². The van der Waals surface area contributed by atoms with Crippen molar-refractivity contribution in [1.82, 2.24) is 9.80 Å². The molecule has 2 amide bonds. The van der Waals surface area contributed by atoms with Crippen LogP contribution in [0.15, 0.2) is 18.2 Å². The number of ether oxygens (including phenoxy) is 2. The van der Waals surface area contributed by atoms with Gasteiger partial charge in [0.05, 0.1) is 13.2 Å². The van der Waals surface area contributed by atoms with E-state index in [0.717, 1.165) is 19.3 Å². The molecule has 1 saturated heterocycles. The Morgan fingerprint density at radius 2 is 1.58 bits per heavy atom. The van der Waals surface area contributed by atoms with Crippen LogP contribution in [0.2, 0.25) is 0 Å². The van der Waals surface area contributed by atoms with E-state index in [0.29, 0.717) is 56.5 Å². The third-order valence-electron chi connectivity index (χ3n) is 4.80. The molecule has 1 aliphatic carbocycles. The van der Waals surface area contributed by atoms with E-state index >= 15 is 0 Å². The number of fused-ring (bicyclic) bond motifs is 1. The Hall–Kier alpha value is -2.24. The number of hydrogen-bond acceptors (Lipinski definition) is 4. The van der Waals surface area contributed by atoms with Crippen LogP contribution in [0, 0.1) is 5.92 Å². The van der Waals surface area contributed by atoms with E-state index in [4.69, 9.17) is 9.47 Å². The van der Waals surface area contributed by atoms with Gasteiger partial charge in [-0.15, -0.1) is 0 Å². The van der Waals surface area contributed by atoms with Crippen molar-refractivity contribution in [3.8, 4) is 11.5 Å². The minimum absolute atomic E-state index is 0.0100. The van der Waals surface area contributed by atoms with Crippen molar-refractivity contribution in [1.29, 1.82) is 0 Å². The van der Waals surface area contributed by atoms with Crippen LogP contribution in [0.4, 0.5) is 0 Å². The predicted octanol–water partition coefficient (Wildman–Crippen LogP) is 1.54. The zero-order valence-corrected chi connectivity index (χ0v) is 13.7. The molecule has 6 heteroatoms. The van der Waals surface area contributed by atoms with Crippen molar-refractivity contribution in [3.05, 3.63) is 23.8 Å². The molecule has 3 aliphatic rings. The Morgan fingerprint density at radius 1 is 0.917 bits per heavy atom. The maximum Gasteiger partial charge on any atom is 0.254 e. The van der Waals surface area contributed by atoms with Gasteiger partial charge < -0.3 is 19.3 Å². The quantitative estimate of drug-likeness (QED) is 0.825. The lowest BCUT2D eigenvalue weighted by atomic mass is 10.1. The summed E-state index contributed by atoms with van der Waals surface area (Å²) in [5, 5.41) is 0. The van der Waals surface area contributed by atoms with Crippen molar-refractivity contribution in [2.75, 3.05) is 39.4 Å². The van der Waals surface area contributed by atoms with Crippen LogP contribution >= 0.6 is 0 Å². The van der Waals surface area contributed by atoms with Crippen LogP contribution in [-0.4, -0.2) is 61.0 Å². The first-order chi connectivity index (χ1) is 11.7. The number of piperazine rings is 1. The van der Waals surface area contributed by atoms with Crippen LogP contribution in [0.3, 0.4) is 0 Å². The highest BCUT2D eigenvalue weighted by Gasteiger charge is 2.35. The van der Waals surface area contributed by atoms with Gasteiger partial charge in [-0.25, -0.2) is 0 Å². The second-order valence-electron chi connectivity index (χ2n) is 6.60. The van der Waals surface area contributed by atoms with Gasteiger partial charge in [0, 0.05) is 44.1 Å². The molecule has 1 saturated carbocycles. The standard InChI is InChI=1S/C18H22N2O4/c21-17(13-2-3-13)19-6-8-20(9-7-19)18(22)14-4-5-15-16(12-14)24-11-1-10-23-15/h4-5,12-13H,1-3,6-11H2. The van der Waals surface area contributed by atoms with E-state index in [-0.39, 0.29) is 17.7 Å². The zero-order chi connectivity index (χ0) is 16.5. The molecule has 2 fully saturated rings. The molecule has 2 heterocycles. The third kappa shape index (κ3) is 3.05. The molecule has 0 unspecified atom stereocenters. The van der Waals surface area contributed by atoms with Gasteiger partial charge in [0.15, 0.2) is 11.5 Å². The molecule has 4 rings (SSSR count). The molecule has 6 nitrogen and oxygen atoms in total. The summed E-state index contributed by atoms with van der Waals surface area (Å²) in [6.07, 6.45) is 2.89. The van der Waals surface area contributed by atoms with Crippen LogP contribution in [0.25, 0.3) is 0 Å². The lowest BCUT2D eigenvalue weighted by molar-refractivity contribution is -0.134. The van der Waals surface area contributed by atoms with Gasteiger partial charge in [0.2, 0.25) is 5.91 Å². The first-order valence-corrected chi connectivity index (χ1v) is 8.70. The number of carbonyl (C=O) groups is 2. The van der Waals surface area contributed by atoms with E-state index in [1.807, 2.05) is 9.80 Å². The molecule has 0 spiro atoms. The maximum atomic E-state index is 12.7. The molecule has 0 aromatic heterocycles. The number of hydrogen-bond donors (Lipinski definition) is 0. The van der Waals surface area contributed by atoms with Crippen molar-refractivity contribution < 1.29 is 19.1 Å². The highest BCUT2D eigenvalue weighted by molar-refractivity contribution is 5.95. The fraction of sp³-hybridized carbons (Fsp3) is 0.556. The summed E-state index contributed by atoms with van der Waals surface area (Å²) in [4.78, 5) is 28.5. The third-order valence-corrected chi connectivity index (χ3v) is 4.80. The van der Waals surface area contributed by atoms with E-state index < -0.39 is 0 Å². The molecule has 1 aromatic rings. The van der Waals surface area contributed by atoms with Crippen molar-refractivity contribution >= 4 is 11.8 Å². The van der Waals surface area contributed by atoms with Crippen LogP contribution in [-0.2, 0) is 4.79 Å². The molecule has 1 aromatic carbocycles. The normalized spacial score (nSPS) is 20.5. The van der Waals surface area contributed by atoms with Crippen LogP contribution < -0.4 is 9.47 Å². The van der Waals surface area contributed by atoms with E-state index in [1.165, 1.54) is 0 Å². The average molecular weight is 330 g/mol. The Bertz CT molecular complexity index is 648. The SMILES string of the molecule is O=C(c1ccc2c(c1)OCCCO2)N1CCN(C(=O)C2CC2)CC1. The smallest absolute Gasteiger partial charge is 0.254 e. The molecule has 0 atom stereocenters. The zero-order valence-electron chi connectivity index (χ0n) is 13.7. The summed E-state index contributed by atoms with van der Waals surface area (Å²) in [7, 11) is 0. The molecule has 128 valence electrons. The Morgan fingerprint density at radius 3 is 2.29 bits per heavy atom. The fourth-order valence-corrected chi connectivity index (χ4v) is 3.20. The number of benzene rings is 1. The highest BCUT2D eigenvalue weighted by Crippen LogP contribution is 2.32. The van der Waals surface area contributed by atoms with Crippen molar-refractivity contribution in [3.63, 3.8) is 0 Å². The number of amides is 2. The minimum Gasteiger partial charge on any atom is -0.490 e. The first-order valence-electron chi connectivity index (χ1n) is 8.70.